The molecule has 2 aromatic rings. The molecule has 0 aliphatic rings. The normalized spacial score (nSPS) is 10.5. The van der Waals surface area contributed by atoms with Gasteiger partial charge < -0.3 is 9.47 Å². The van der Waals surface area contributed by atoms with Crippen molar-refractivity contribution < 1.29 is 14.3 Å². The van der Waals surface area contributed by atoms with E-state index in [4.69, 9.17) is 9.47 Å². The molecule has 7 heteroatoms. The summed E-state index contributed by atoms with van der Waals surface area (Å²) in [7, 11) is 3.07. The number of carbonyl (C=O) groups excluding carboxylic acids is 1. The standard InChI is InChI=1S/C14H17N3O3S/c1-8(2)13-16-17-14(21-13)15-12(18)9-5-6-10(19-3)11(7-9)20-4/h5-8H,1-4H3,(H,15,17,18). The fourth-order valence-corrected chi connectivity index (χ4v) is 2.41. The van der Waals surface area contributed by atoms with Crippen LogP contribution in [0.1, 0.15) is 35.1 Å². The second kappa shape index (κ2) is 6.53. The van der Waals surface area contributed by atoms with Gasteiger partial charge in [0.05, 0.1) is 14.2 Å². The predicted octanol–water partition coefficient (Wildman–Crippen LogP) is 2.93. The highest BCUT2D eigenvalue weighted by atomic mass is 32.1. The van der Waals surface area contributed by atoms with Crippen LogP contribution in [-0.2, 0) is 0 Å². The fourth-order valence-electron chi connectivity index (χ4n) is 1.67. The Labute approximate surface area is 127 Å². The molecule has 21 heavy (non-hydrogen) atoms. The number of aromatic nitrogens is 2. The minimum atomic E-state index is -0.262. The average molecular weight is 307 g/mol. The maximum Gasteiger partial charge on any atom is 0.257 e. The van der Waals surface area contributed by atoms with E-state index in [1.165, 1.54) is 18.4 Å². The third kappa shape index (κ3) is 3.49. The number of ether oxygens (including phenoxy) is 2. The van der Waals surface area contributed by atoms with Gasteiger partial charge in [0.25, 0.3) is 5.91 Å². The molecule has 0 bridgehead atoms. The van der Waals surface area contributed by atoms with E-state index in [2.05, 4.69) is 15.5 Å². The van der Waals surface area contributed by atoms with Crippen molar-refractivity contribution in [3.8, 4) is 11.5 Å². The van der Waals surface area contributed by atoms with E-state index in [1.54, 1.807) is 25.3 Å². The molecule has 0 spiro atoms. The number of amides is 1. The number of benzene rings is 1. The van der Waals surface area contributed by atoms with Gasteiger partial charge in [-0.25, -0.2) is 0 Å². The van der Waals surface area contributed by atoms with E-state index in [0.717, 1.165) is 5.01 Å². The van der Waals surface area contributed by atoms with Crippen LogP contribution in [0.2, 0.25) is 0 Å². The average Bonchev–Trinajstić information content (AvgIpc) is 2.95. The van der Waals surface area contributed by atoms with E-state index < -0.39 is 0 Å². The number of hydrogen-bond donors (Lipinski definition) is 1. The summed E-state index contributed by atoms with van der Waals surface area (Å²) in [6.07, 6.45) is 0. The van der Waals surface area contributed by atoms with Crippen molar-refractivity contribution in [2.75, 3.05) is 19.5 Å². The molecule has 2 rings (SSSR count). The summed E-state index contributed by atoms with van der Waals surface area (Å²) < 4.78 is 10.3. The summed E-state index contributed by atoms with van der Waals surface area (Å²) in [6.45, 7) is 4.06. The van der Waals surface area contributed by atoms with Crippen molar-refractivity contribution in [3.63, 3.8) is 0 Å². The maximum absolute atomic E-state index is 12.2. The molecule has 0 saturated heterocycles. The summed E-state index contributed by atoms with van der Waals surface area (Å²) >= 11 is 1.37. The van der Waals surface area contributed by atoms with Gasteiger partial charge in [0, 0.05) is 11.5 Å². The molecule has 1 amide bonds. The van der Waals surface area contributed by atoms with Crippen LogP contribution in [0.15, 0.2) is 18.2 Å². The molecule has 0 aliphatic carbocycles. The van der Waals surface area contributed by atoms with Crippen molar-refractivity contribution >= 4 is 22.4 Å². The lowest BCUT2D eigenvalue weighted by atomic mass is 10.2. The lowest BCUT2D eigenvalue weighted by Crippen LogP contribution is -2.12. The molecule has 1 heterocycles. The van der Waals surface area contributed by atoms with Gasteiger partial charge in [-0.3, -0.25) is 10.1 Å². The van der Waals surface area contributed by atoms with Crippen molar-refractivity contribution in [1.29, 1.82) is 0 Å². The van der Waals surface area contributed by atoms with Gasteiger partial charge in [0.2, 0.25) is 5.13 Å². The number of rotatable bonds is 5. The first-order valence-corrected chi connectivity index (χ1v) is 7.23. The minimum Gasteiger partial charge on any atom is -0.493 e. The molecular weight excluding hydrogens is 290 g/mol. The van der Waals surface area contributed by atoms with Crippen molar-refractivity contribution in [3.05, 3.63) is 28.8 Å². The van der Waals surface area contributed by atoms with Gasteiger partial charge in [-0.1, -0.05) is 25.2 Å². The largest absolute Gasteiger partial charge is 0.493 e. The Morgan fingerprint density at radius 1 is 1.19 bits per heavy atom. The molecule has 1 N–H and O–H groups in total. The molecule has 1 aromatic heterocycles. The zero-order chi connectivity index (χ0) is 15.4. The second-order valence-corrected chi connectivity index (χ2v) is 5.63. The summed E-state index contributed by atoms with van der Waals surface area (Å²) in [6, 6.07) is 4.98. The molecule has 0 fully saturated rings. The number of methoxy groups -OCH3 is 2. The zero-order valence-corrected chi connectivity index (χ0v) is 13.2. The number of nitrogens with one attached hydrogen (secondary N) is 1. The molecule has 0 atom stereocenters. The number of nitrogens with zero attached hydrogens (tertiary/aromatic N) is 2. The van der Waals surface area contributed by atoms with Gasteiger partial charge in [-0.2, -0.15) is 0 Å². The Hall–Kier alpha value is -2.15. The lowest BCUT2D eigenvalue weighted by molar-refractivity contribution is 0.102. The summed E-state index contributed by atoms with van der Waals surface area (Å²) in [5.74, 6) is 1.11. The highest BCUT2D eigenvalue weighted by molar-refractivity contribution is 7.15. The summed E-state index contributed by atoms with van der Waals surface area (Å²) in [5.41, 5.74) is 0.467. The van der Waals surface area contributed by atoms with E-state index >= 15 is 0 Å². The Morgan fingerprint density at radius 3 is 2.48 bits per heavy atom. The summed E-state index contributed by atoms with van der Waals surface area (Å²) in [4.78, 5) is 12.2. The molecule has 1 aromatic carbocycles. The highest BCUT2D eigenvalue weighted by Crippen LogP contribution is 2.28. The van der Waals surface area contributed by atoms with E-state index in [0.29, 0.717) is 22.2 Å². The molecule has 0 aliphatic heterocycles. The van der Waals surface area contributed by atoms with Gasteiger partial charge in [0.15, 0.2) is 11.5 Å². The van der Waals surface area contributed by atoms with E-state index in [9.17, 15) is 4.79 Å². The van der Waals surface area contributed by atoms with Crippen LogP contribution in [0, 0.1) is 0 Å². The van der Waals surface area contributed by atoms with Crippen LogP contribution in [0.3, 0.4) is 0 Å². The van der Waals surface area contributed by atoms with E-state index in [-0.39, 0.29) is 11.8 Å². The third-order valence-electron chi connectivity index (χ3n) is 2.80. The smallest absolute Gasteiger partial charge is 0.257 e. The number of hydrogen-bond acceptors (Lipinski definition) is 6. The fraction of sp³-hybridized carbons (Fsp3) is 0.357. The second-order valence-electron chi connectivity index (χ2n) is 4.62. The molecular formula is C14H17N3O3S. The van der Waals surface area contributed by atoms with Crippen molar-refractivity contribution in [1.82, 2.24) is 10.2 Å². The molecule has 0 radical (unpaired) electrons. The predicted molar refractivity (Wildman–Crippen MR) is 81.5 cm³/mol. The SMILES string of the molecule is COc1ccc(C(=O)Nc2nnc(C(C)C)s2)cc1OC. The van der Waals surface area contributed by atoms with Gasteiger partial charge in [-0.05, 0) is 18.2 Å². The first kappa shape index (κ1) is 15.2. The number of carbonyl (C=O) groups is 1. The van der Waals surface area contributed by atoms with Crippen molar-refractivity contribution in [2.45, 2.75) is 19.8 Å². The Bertz CT molecular complexity index is 640. The molecule has 6 nitrogen and oxygen atoms in total. The monoisotopic (exact) mass is 307 g/mol. The van der Waals surface area contributed by atoms with Crippen LogP contribution in [0.4, 0.5) is 5.13 Å². The van der Waals surface area contributed by atoms with Crippen LogP contribution in [-0.4, -0.2) is 30.3 Å². The topological polar surface area (TPSA) is 73.3 Å². The highest BCUT2D eigenvalue weighted by Gasteiger charge is 2.14. The maximum atomic E-state index is 12.2. The van der Waals surface area contributed by atoms with Crippen LogP contribution in [0.5, 0.6) is 11.5 Å². The molecule has 0 unspecified atom stereocenters. The van der Waals surface area contributed by atoms with Gasteiger partial charge in [-0.15, -0.1) is 10.2 Å². The van der Waals surface area contributed by atoms with Crippen LogP contribution < -0.4 is 14.8 Å². The Kier molecular flexibility index (Phi) is 4.74. The first-order valence-electron chi connectivity index (χ1n) is 6.42. The molecule has 112 valence electrons. The quantitative estimate of drug-likeness (QED) is 0.919. The van der Waals surface area contributed by atoms with Crippen LogP contribution >= 0.6 is 11.3 Å². The molecule has 0 saturated carbocycles. The Morgan fingerprint density at radius 2 is 1.90 bits per heavy atom. The number of anilines is 1. The van der Waals surface area contributed by atoms with Gasteiger partial charge >= 0.3 is 0 Å². The van der Waals surface area contributed by atoms with Crippen LogP contribution in [0.25, 0.3) is 0 Å². The lowest BCUT2D eigenvalue weighted by Gasteiger charge is -2.08. The zero-order valence-electron chi connectivity index (χ0n) is 12.3. The van der Waals surface area contributed by atoms with Gasteiger partial charge in [0.1, 0.15) is 5.01 Å². The minimum absolute atomic E-state index is 0.262. The van der Waals surface area contributed by atoms with Crippen molar-refractivity contribution in [2.24, 2.45) is 0 Å². The first-order chi connectivity index (χ1) is 10.0. The Balaban J connectivity index is 2.16. The third-order valence-corrected chi connectivity index (χ3v) is 3.94. The van der Waals surface area contributed by atoms with E-state index in [1.807, 2.05) is 13.8 Å². The summed E-state index contributed by atoms with van der Waals surface area (Å²) in [5, 5.41) is 12.1.